The standard InChI is InChI=1S/C9H10BrN3O3S/c10-7-1-2-12-4-8(7)13-5-6(3-9(13)14)17(11,15)16/h1-2,4,6H,3,5H2,(H2,11,15,16). The molecule has 2 heterocycles. The molecule has 6 nitrogen and oxygen atoms in total. The number of halogens is 1. The number of amides is 1. The summed E-state index contributed by atoms with van der Waals surface area (Å²) in [5, 5.41) is 4.20. The number of carbonyl (C=O) groups excluding carboxylic acids is 1. The Labute approximate surface area is 107 Å². The van der Waals surface area contributed by atoms with Crippen LogP contribution >= 0.6 is 15.9 Å². The van der Waals surface area contributed by atoms with E-state index in [1.165, 1.54) is 11.1 Å². The second kappa shape index (κ2) is 4.35. The van der Waals surface area contributed by atoms with Gasteiger partial charge in [-0.2, -0.15) is 0 Å². The van der Waals surface area contributed by atoms with Gasteiger partial charge in [0.2, 0.25) is 15.9 Å². The number of rotatable bonds is 2. The third-order valence-electron chi connectivity index (χ3n) is 2.59. The summed E-state index contributed by atoms with van der Waals surface area (Å²) in [6, 6.07) is 1.69. The van der Waals surface area contributed by atoms with Crippen LogP contribution in [0.15, 0.2) is 22.9 Å². The lowest BCUT2D eigenvalue weighted by molar-refractivity contribution is -0.117. The molecule has 1 aliphatic heterocycles. The fourth-order valence-electron chi connectivity index (χ4n) is 1.70. The fourth-order valence-corrected chi connectivity index (χ4v) is 2.86. The zero-order valence-electron chi connectivity index (χ0n) is 8.71. The van der Waals surface area contributed by atoms with Gasteiger partial charge in [0.1, 0.15) is 5.25 Å². The number of anilines is 1. The third-order valence-corrected chi connectivity index (χ3v) is 4.51. The summed E-state index contributed by atoms with van der Waals surface area (Å²) >= 11 is 3.29. The second-order valence-corrected chi connectivity index (χ2v) is 6.45. The molecule has 2 N–H and O–H groups in total. The van der Waals surface area contributed by atoms with Crippen LogP contribution in [0.5, 0.6) is 0 Å². The van der Waals surface area contributed by atoms with Crippen LogP contribution in [0.25, 0.3) is 0 Å². The molecule has 1 amide bonds. The van der Waals surface area contributed by atoms with Crippen molar-refractivity contribution in [3.8, 4) is 0 Å². The van der Waals surface area contributed by atoms with Gasteiger partial charge >= 0.3 is 0 Å². The first-order valence-electron chi connectivity index (χ1n) is 4.81. The van der Waals surface area contributed by atoms with Gasteiger partial charge in [0.15, 0.2) is 0 Å². The van der Waals surface area contributed by atoms with Crippen molar-refractivity contribution in [3.05, 3.63) is 22.9 Å². The van der Waals surface area contributed by atoms with E-state index in [0.717, 1.165) is 0 Å². The number of carbonyl (C=O) groups is 1. The highest BCUT2D eigenvalue weighted by molar-refractivity contribution is 9.10. The Bertz CT molecular complexity index is 560. The zero-order valence-corrected chi connectivity index (χ0v) is 11.1. The van der Waals surface area contributed by atoms with Crippen LogP contribution in [0.3, 0.4) is 0 Å². The largest absolute Gasteiger partial charge is 0.308 e. The van der Waals surface area contributed by atoms with Crippen molar-refractivity contribution >= 4 is 37.5 Å². The van der Waals surface area contributed by atoms with Gasteiger partial charge in [0.25, 0.3) is 0 Å². The number of nitrogens with zero attached hydrogens (tertiary/aromatic N) is 2. The van der Waals surface area contributed by atoms with E-state index in [4.69, 9.17) is 5.14 Å². The Hall–Kier alpha value is -0.990. The quantitative estimate of drug-likeness (QED) is 0.844. The molecule has 0 spiro atoms. The average Bonchev–Trinajstić information content (AvgIpc) is 2.61. The van der Waals surface area contributed by atoms with Gasteiger partial charge in [-0.1, -0.05) is 0 Å². The fraction of sp³-hybridized carbons (Fsp3) is 0.333. The van der Waals surface area contributed by atoms with Crippen molar-refractivity contribution in [2.45, 2.75) is 11.7 Å². The summed E-state index contributed by atoms with van der Waals surface area (Å²) in [5.41, 5.74) is 0.559. The molecule has 17 heavy (non-hydrogen) atoms. The monoisotopic (exact) mass is 319 g/mol. The number of hydrogen-bond acceptors (Lipinski definition) is 4. The summed E-state index contributed by atoms with van der Waals surface area (Å²) in [7, 11) is -3.69. The number of pyridine rings is 1. The molecule has 92 valence electrons. The van der Waals surface area contributed by atoms with Crippen LogP contribution in [-0.4, -0.2) is 31.1 Å². The minimum Gasteiger partial charge on any atom is -0.308 e. The molecule has 1 aromatic heterocycles. The van der Waals surface area contributed by atoms with E-state index < -0.39 is 15.3 Å². The lowest BCUT2D eigenvalue weighted by atomic mass is 10.4. The van der Waals surface area contributed by atoms with Gasteiger partial charge in [0.05, 0.1) is 11.9 Å². The van der Waals surface area contributed by atoms with Gasteiger partial charge in [-0.3, -0.25) is 9.78 Å². The number of nitrogens with two attached hydrogens (primary N) is 1. The van der Waals surface area contributed by atoms with Crippen LogP contribution in [0.1, 0.15) is 6.42 Å². The minimum absolute atomic E-state index is 0.0714. The maximum absolute atomic E-state index is 11.7. The molecule has 0 aromatic carbocycles. The molecule has 8 heteroatoms. The maximum atomic E-state index is 11.7. The van der Waals surface area contributed by atoms with Gasteiger partial charge in [0, 0.05) is 23.6 Å². The van der Waals surface area contributed by atoms with Crippen molar-refractivity contribution in [2.24, 2.45) is 5.14 Å². The summed E-state index contributed by atoms with van der Waals surface area (Å²) in [4.78, 5) is 17.0. The predicted molar refractivity (Wildman–Crippen MR) is 65.8 cm³/mol. The Balaban J connectivity index is 2.31. The topological polar surface area (TPSA) is 93.4 Å². The summed E-state index contributed by atoms with van der Waals surface area (Å²) in [6.45, 7) is 0.0714. The second-order valence-electron chi connectivity index (χ2n) is 3.75. The highest BCUT2D eigenvalue weighted by atomic mass is 79.9. The normalized spacial score (nSPS) is 20.9. The molecule has 2 rings (SSSR count). The molecule has 0 bridgehead atoms. The van der Waals surface area contributed by atoms with Crippen LogP contribution in [0, 0.1) is 0 Å². The molecule has 0 radical (unpaired) electrons. The Kier molecular flexibility index (Phi) is 3.19. The number of sulfonamides is 1. The number of hydrogen-bond donors (Lipinski definition) is 1. The molecule has 1 aliphatic rings. The first-order chi connectivity index (χ1) is 7.89. The van der Waals surface area contributed by atoms with E-state index in [2.05, 4.69) is 20.9 Å². The van der Waals surface area contributed by atoms with Crippen molar-refractivity contribution < 1.29 is 13.2 Å². The molecule has 0 aliphatic carbocycles. The van der Waals surface area contributed by atoms with Crippen LogP contribution in [0.4, 0.5) is 5.69 Å². The first kappa shape index (κ1) is 12.5. The van der Waals surface area contributed by atoms with E-state index in [9.17, 15) is 13.2 Å². The highest BCUT2D eigenvalue weighted by Gasteiger charge is 2.37. The first-order valence-corrected chi connectivity index (χ1v) is 7.21. The van der Waals surface area contributed by atoms with Gasteiger partial charge in [-0.15, -0.1) is 0 Å². The summed E-state index contributed by atoms with van der Waals surface area (Å²) in [5.74, 6) is -0.266. The zero-order chi connectivity index (χ0) is 12.6. The van der Waals surface area contributed by atoms with Crippen LogP contribution in [-0.2, 0) is 14.8 Å². The van der Waals surface area contributed by atoms with Gasteiger partial charge < -0.3 is 4.90 Å². The van der Waals surface area contributed by atoms with E-state index in [1.807, 2.05) is 0 Å². The summed E-state index contributed by atoms with van der Waals surface area (Å²) < 4.78 is 23.1. The van der Waals surface area contributed by atoms with Crippen LogP contribution in [0.2, 0.25) is 0 Å². The van der Waals surface area contributed by atoms with Crippen molar-refractivity contribution in [1.29, 1.82) is 0 Å². The van der Waals surface area contributed by atoms with E-state index in [0.29, 0.717) is 10.2 Å². The smallest absolute Gasteiger partial charge is 0.228 e. The molecule has 1 fully saturated rings. The van der Waals surface area contributed by atoms with Crippen molar-refractivity contribution in [1.82, 2.24) is 4.98 Å². The molecule has 0 saturated carbocycles. The van der Waals surface area contributed by atoms with Crippen LogP contribution < -0.4 is 10.0 Å². The van der Waals surface area contributed by atoms with E-state index in [-0.39, 0.29) is 18.9 Å². The lowest BCUT2D eigenvalue weighted by Crippen LogP contribution is -2.32. The van der Waals surface area contributed by atoms with Gasteiger partial charge in [-0.25, -0.2) is 13.6 Å². The van der Waals surface area contributed by atoms with Gasteiger partial charge in [-0.05, 0) is 22.0 Å². The predicted octanol–water partition coefficient (Wildman–Crippen LogP) is 0.238. The molecule has 1 atom stereocenters. The summed E-state index contributed by atoms with van der Waals surface area (Å²) in [6.07, 6.45) is 3.00. The molecule has 1 unspecified atom stereocenters. The van der Waals surface area contributed by atoms with Crippen molar-refractivity contribution in [3.63, 3.8) is 0 Å². The number of aromatic nitrogens is 1. The maximum Gasteiger partial charge on any atom is 0.228 e. The third kappa shape index (κ3) is 2.48. The highest BCUT2D eigenvalue weighted by Crippen LogP contribution is 2.29. The Morgan fingerprint density at radius 3 is 2.76 bits per heavy atom. The van der Waals surface area contributed by atoms with E-state index >= 15 is 0 Å². The minimum atomic E-state index is -3.69. The average molecular weight is 320 g/mol. The molecule has 1 aromatic rings. The molecule has 1 saturated heterocycles. The Morgan fingerprint density at radius 1 is 1.53 bits per heavy atom. The number of primary sulfonamides is 1. The molecular weight excluding hydrogens is 310 g/mol. The lowest BCUT2D eigenvalue weighted by Gasteiger charge is -2.17. The SMILES string of the molecule is NS(=O)(=O)C1CC(=O)N(c2cnccc2Br)C1. The van der Waals surface area contributed by atoms with Crippen molar-refractivity contribution in [2.75, 3.05) is 11.4 Å². The Morgan fingerprint density at radius 2 is 2.24 bits per heavy atom. The van der Waals surface area contributed by atoms with E-state index in [1.54, 1.807) is 12.3 Å². The molecular formula is C9H10BrN3O3S.